The fourth-order valence-electron chi connectivity index (χ4n) is 3.20. The van der Waals surface area contributed by atoms with Crippen LogP contribution < -0.4 is 4.74 Å². The Hall–Kier alpha value is -3.55. The fraction of sp³-hybridized carbons (Fsp3) is 0.280. The summed E-state index contributed by atoms with van der Waals surface area (Å²) in [5, 5.41) is 8.80. The molecule has 0 atom stereocenters. The van der Waals surface area contributed by atoms with Crippen LogP contribution in [0, 0.1) is 13.8 Å². The molecule has 0 fully saturated rings. The van der Waals surface area contributed by atoms with Gasteiger partial charge in [-0.15, -0.1) is 0 Å². The number of aromatic nitrogens is 1. The Kier molecular flexibility index (Phi) is 7.58. The molecule has 0 bridgehead atoms. The Morgan fingerprint density at radius 2 is 1.88 bits per heavy atom. The zero-order chi connectivity index (χ0) is 24.0. The number of aliphatic carboxylic acids is 1. The highest BCUT2D eigenvalue weighted by atomic mass is 19.4. The third kappa shape index (κ3) is 6.71. The number of carboxylic acid groups (broad SMARTS) is 1. The number of alkyl halides is 3. The van der Waals surface area contributed by atoms with Gasteiger partial charge in [-0.25, -0.2) is 4.98 Å². The molecule has 0 saturated carbocycles. The molecule has 0 aliphatic rings. The Bertz CT molecular complexity index is 1130. The topological polar surface area (TPSA) is 72.6 Å². The average Bonchev–Trinajstić information content (AvgIpc) is 3.13. The van der Waals surface area contributed by atoms with E-state index in [1.54, 1.807) is 13.0 Å². The lowest BCUT2D eigenvalue weighted by Gasteiger charge is -2.09. The molecular formula is C25H24F3NO4. The van der Waals surface area contributed by atoms with E-state index in [2.05, 4.69) is 4.98 Å². The Balaban J connectivity index is 1.53. The van der Waals surface area contributed by atoms with Crippen molar-refractivity contribution in [1.82, 2.24) is 4.98 Å². The molecule has 33 heavy (non-hydrogen) atoms. The van der Waals surface area contributed by atoms with Crippen molar-refractivity contribution in [3.63, 3.8) is 0 Å². The van der Waals surface area contributed by atoms with Gasteiger partial charge in [0.15, 0.2) is 0 Å². The van der Waals surface area contributed by atoms with E-state index in [0.29, 0.717) is 42.2 Å². The van der Waals surface area contributed by atoms with Crippen LogP contribution in [-0.2, 0) is 17.4 Å². The molecule has 1 heterocycles. The lowest BCUT2D eigenvalue weighted by atomic mass is 10.0. The van der Waals surface area contributed by atoms with Crippen LogP contribution in [0.15, 0.2) is 53.0 Å². The number of nitrogens with zero attached hydrogens (tertiary/aromatic N) is 1. The largest absolute Gasteiger partial charge is 0.493 e. The van der Waals surface area contributed by atoms with E-state index < -0.39 is 17.7 Å². The van der Waals surface area contributed by atoms with Crippen LogP contribution in [0.2, 0.25) is 0 Å². The van der Waals surface area contributed by atoms with Gasteiger partial charge in [0.1, 0.15) is 11.5 Å². The molecule has 1 aromatic heterocycles. The van der Waals surface area contributed by atoms with Gasteiger partial charge >= 0.3 is 12.1 Å². The van der Waals surface area contributed by atoms with Crippen LogP contribution in [0.25, 0.3) is 17.5 Å². The molecule has 0 aliphatic carbocycles. The summed E-state index contributed by atoms with van der Waals surface area (Å²) in [6, 6.07) is 10.3. The van der Waals surface area contributed by atoms with Crippen molar-refractivity contribution in [3.05, 3.63) is 76.7 Å². The summed E-state index contributed by atoms with van der Waals surface area (Å²) >= 11 is 0. The Morgan fingerprint density at radius 1 is 1.15 bits per heavy atom. The van der Waals surface area contributed by atoms with E-state index in [1.165, 1.54) is 12.1 Å². The van der Waals surface area contributed by atoms with Gasteiger partial charge in [-0.1, -0.05) is 12.1 Å². The van der Waals surface area contributed by atoms with Crippen LogP contribution in [-0.4, -0.2) is 22.7 Å². The molecule has 174 valence electrons. The standard InChI is InChI=1S/C25H24F3NO4/c1-16-15-21(12-8-18(16)9-13-23(30)31)32-14-4-3-5-22-17(2)29-24(33-22)19-6-10-20(11-7-19)25(26,27)28/h3,5-8,10-12,15H,4,9,13-14H2,1-2H3,(H,30,31). The number of halogens is 3. The maximum atomic E-state index is 12.7. The number of hydrogen-bond acceptors (Lipinski definition) is 4. The monoisotopic (exact) mass is 459 g/mol. The van der Waals surface area contributed by atoms with Gasteiger partial charge < -0.3 is 14.3 Å². The van der Waals surface area contributed by atoms with Crippen molar-refractivity contribution in [2.45, 2.75) is 39.3 Å². The summed E-state index contributed by atoms with van der Waals surface area (Å²) in [4.78, 5) is 15.0. The summed E-state index contributed by atoms with van der Waals surface area (Å²) in [6.07, 6.45) is 0.429. The molecule has 0 saturated heterocycles. The smallest absolute Gasteiger partial charge is 0.416 e. The van der Waals surface area contributed by atoms with Crippen LogP contribution in [0.5, 0.6) is 5.75 Å². The summed E-state index contributed by atoms with van der Waals surface area (Å²) in [7, 11) is 0. The Labute approximate surface area is 189 Å². The molecule has 1 N–H and O–H groups in total. The van der Waals surface area contributed by atoms with E-state index in [9.17, 15) is 18.0 Å². The third-order valence-corrected chi connectivity index (χ3v) is 5.04. The number of carbonyl (C=O) groups is 1. The van der Waals surface area contributed by atoms with Crippen molar-refractivity contribution < 1.29 is 32.2 Å². The molecule has 3 aromatic rings. The highest BCUT2D eigenvalue weighted by molar-refractivity contribution is 5.67. The molecule has 2 aromatic carbocycles. The van der Waals surface area contributed by atoms with Crippen molar-refractivity contribution in [2.24, 2.45) is 0 Å². The van der Waals surface area contributed by atoms with Crippen LogP contribution in [0.4, 0.5) is 13.2 Å². The van der Waals surface area contributed by atoms with Crippen LogP contribution >= 0.6 is 0 Å². The van der Waals surface area contributed by atoms with Gasteiger partial charge in [0.05, 0.1) is 17.9 Å². The van der Waals surface area contributed by atoms with Crippen LogP contribution in [0.1, 0.15) is 41.0 Å². The quantitative estimate of drug-likeness (QED) is 0.371. The van der Waals surface area contributed by atoms with Gasteiger partial charge in [-0.3, -0.25) is 4.79 Å². The fourth-order valence-corrected chi connectivity index (χ4v) is 3.20. The molecule has 0 unspecified atom stereocenters. The molecule has 0 spiro atoms. The van der Waals surface area contributed by atoms with E-state index in [4.69, 9.17) is 14.3 Å². The first-order valence-electron chi connectivity index (χ1n) is 10.4. The van der Waals surface area contributed by atoms with Gasteiger partial charge in [-0.2, -0.15) is 13.2 Å². The molecule has 0 amide bonds. The van der Waals surface area contributed by atoms with E-state index in [0.717, 1.165) is 23.3 Å². The summed E-state index contributed by atoms with van der Waals surface area (Å²) in [5.41, 5.74) is 2.34. The SMILES string of the molecule is Cc1cc(OCCC=Cc2oc(-c3ccc(C(F)(F)F)cc3)nc2C)ccc1CCC(=O)O. The number of benzene rings is 2. The summed E-state index contributed by atoms with van der Waals surface area (Å²) in [6.45, 7) is 4.12. The first kappa shape index (κ1) is 24.1. The maximum absolute atomic E-state index is 12.7. The minimum absolute atomic E-state index is 0.0907. The van der Waals surface area contributed by atoms with E-state index in [-0.39, 0.29) is 12.3 Å². The van der Waals surface area contributed by atoms with E-state index in [1.807, 2.05) is 31.2 Å². The second kappa shape index (κ2) is 10.4. The molecular weight excluding hydrogens is 435 g/mol. The number of ether oxygens (including phenoxy) is 1. The number of oxazole rings is 1. The van der Waals surface area contributed by atoms with Gasteiger partial charge in [0.25, 0.3) is 0 Å². The zero-order valence-electron chi connectivity index (χ0n) is 18.3. The van der Waals surface area contributed by atoms with Gasteiger partial charge in [0.2, 0.25) is 5.89 Å². The molecule has 3 rings (SSSR count). The van der Waals surface area contributed by atoms with Gasteiger partial charge in [0, 0.05) is 12.0 Å². The number of rotatable bonds is 9. The minimum atomic E-state index is -4.39. The molecule has 0 aliphatic heterocycles. The van der Waals surface area contributed by atoms with Crippen molar-refractivity contribution in [1.29, 1.82) is 0 Å². The third-order valence-electron chi connectivity index (χ3n) is 5.04. The first-order chi connectivity index (χ1) is 15.6. The maximum Gasteiger partial charge on any atom is 0.416 e. The average molecular weight is 459 g/mol. The lowest BCUT2D eigenvalue weighted by Crippen LogP contribution is -2.03. The second-order valence-corrected chi connectivity index (χ2v) is 7.57. The zero-order valence-corrected chi connectivity index (χ0v) is 18.3. The first-order valence-corrected chi connectivity index (χ1v) is 10.4. The van der Waals surface area contributed by atoms with Crippen molar-refractivity contribution in [3.8, 4) is 17.2 Å². The van der Waals surface area contributed by atoms with Crippen LogP contribution in [0.3, 0.4) is 0 Å². The molecule has 5 nitrogen and oxygen atoms in total. The highest BCUT2D eigenvalue weighted by Crippen LogP contribution is 2.31. The molecule has 0 radical (unpaired) electrons. The van der Waals surface area contributed by atoms with Crippen molar-refractivity contribution in [2.75, 3.05) is 6.61 Å². The second-order valence-electron chi connectivity index (χ2n) is 7.57. The Morgan fingerprint density at radius 3 is 2.52 bits per heavy atom. The minimum Gasteiger partial charge on any atom is -0.493 e. The summed E-state index contributed by atoms with van der Waals surface area (Å²) < 4.78 is 49.6. The number of carboxylic acids is 1. The highest BCUT2D eigenvalue weighted by Gasteiger charge is 2.30. The van der Waals surface area contributed by atoms with E-state index >= 15 is 0 Å². The molecule has 8 heteroatoms. The van der Waals surface area contributed by atoms with Gasteiger partial charge in [-0.05, 0) is 80.3 Å². The summed E-state index contributed by atoms with van der Waals surface area (Å²) in [5.74, 6) is 0.675. The normalized spacial score (nSPS) is 11.8. The number of hydrogen-bond donors (Lipinski definition) is 1. The van der Waals surface area contributed by atoms with Crippen molar-refractivity contribution >= 4 is 12.0 Å². The number of aryl methyl sites for hydroxylation is 3. The predicted molar refractivity (Wildman–Crippen MR) is 118 cm³/mol. The lowest BCUT2D eigenvalue weighted by molar-refractivity contribution is -0.138. The predicted octanol–water partition coefficient (Wildman–Crippen LogP) is 6.48.